The highest BCUT2D eigenvalue weighted by molar-refractivity contribution is 5.88. The van der Waals surface area contributed by atoms with Gasteiger partial charge in [-0.15, -0.1) is 0 Å². The van der Waals surface area contributed by atoms with Crippen molar-refractivity contribution in [3.05, 3.63) is 42.0 Å². The third kappa shape index (κ3) is 5.14. The van der Waals surface area contributed by atoms with Crippen molar-refractivity contribution in [1.82, 2.24) is 5.43 Å². The third-order valence-electron chi connectivity index (χ3n) is 4.80. The quantitative estimate of drug-likeness (QED) is 0.503. The summed E-state index contributed by atoms with van der Waals surface area (Å²) in [7, 11) is 4.79. The van der Waals surface area contributed by atoms with Crippen molar-refractivity contribution < 1.29 is 23.7 Å². The van der Waals surface area contributed by atoms with E-state index in [9.17, 15) is 4.79 Å². The zero-order chi connectivity index (χ0) is 21.3. The largest absolute Gasteiger partial charge is 0.496 e. The molecule has 2 aromatic rings. The lowest BCUT2D eigenvalue weighted by Gasteiger charge is -2.22. The number of nitrogens with zero attached hydrogens (tertiary/aromatic N) is 2. The molecule has 0 spiro atoms. The normalized spacial score (nSPS) is 13.4. The van der Waals surface area contributed by atoms with E-state index in [2.05, 4.69) is 15.4 Å². The maximum atomic E-state index is 12.1. The molecular weight excluding hydrogens is 386 g/mol. The Morgan fingerprint density at radius 2 is 1.67 bits per heavy atom. The Kier molecular flexibility index (Phi) is 7.37. The van der Waals surface area contributed by atoms with Crippen LogP contribution in [0.3, 0.4) is 0 Å². The van der Waals surface area contributed by atoms with Crippen molar-refractivity contribution in [3.63, 3.8) is 0 Å². The fraction of sp³-hybridized carbons (Fsp3) is 0.364. The highest BCUT2D eigenvalue weighted by Gasteiger charge is 2.19. The summed E-state index contributed by atoms with van der Waals surface area (Å²) in [5, 5.41) is 4.02. The number of hydrogen-bond acceptors (Lipinski definition) is 7. The van der Waals surface area contributed by atoms with Gasteiger partial charge in [0.1, 0.15) is 11.5 Å². The summed E-state index contributed by atoms with van der Waals surface area (Å²) in [5.74, 6) is 2.05. The van der Waals surface area contributed by atoms with Crippen LogP contribution in [-0.4, -0.2) is 53.1 Å². The number of methoxy groups -OCH3 is 3. The first-order chi connectivity index (χ1) is 14.7. The minimum Gasteiger partial charge on any atom is -0.496 e. The second-order valence-electron chi connectivity index (χ2n) is 6.69. The Bertz CT molecular complexity index is 894. The summed E-state index contributed by atoms with van der Waals surface area (Å²) in [4.78, 5) is 14.3. The van der Waals surface area contributed by atoms with Crippen LogP contribution in [0, 0.1) is 0 Å². The van der Waals surface area contributed by atoms with E-state index >= 15 is 0 Å². The average molecular weight is 413 g/mol. The van der Waals surface area contributed by atoms with Crippen molar-refractivity contribution >= 4 is 17.8 Å². The predicted molar refractivity (Wildman–Crippen MR) is 115 cm³/mol. The lowest BCUT2D eigenvalue weighted by Crippen LogP contribution is -2.24. The van der Waals surface area contributed by atoms with Crippen LogP contribution in [0.4, 0.5) is 5.69 Å². The molecule has 8 nitrogen and oxygen atoms in total. The molecule has 8 heteroatoms. The molecule has 1 saturated heterocycles. The lowest BCUT2D eigenvalue weighted by molar-refractivity contribution is -0.123. The van der Waals surface area contributed by atoms with Gasteiger partial charge in [0.25, 0.3) is 5.91 Å². The Labute approximate surface area is 176 Å². The third-order valence-corrected chi connectivity index (χ3v) is 4.80. The van der Waals surface area contributed by atoms with E-state index in [0.717, 1.165) is 37.4 Å². The number of carbonyl (C=O) groups excluding carboxylic acids is 1. The molecule has 1 aliphatic rings. The summed E-state index contributed by atoms with van der Waals surface area (Å²) in [6.07, 6.45) is 3.85. The molecule has 0 radical (unpaired) electrons. The average Bonchev–Trinajstić information content (AvgIpc) is 3.32. The lowest BCUT2D eigenvalue weighted by atomic mass is 10.1. The van der Waals surface area contributed by atoms with Crippen LogP contribution < -0.4 is 29.3 Å². The van der Waals surface area contributed by atoms with E-state index < -0.39 is 5.91 Å². The van der Waals surface area contributed by atoms with Gasteiger partial charge >= 0.3 is 0 Å². The number of anilines is 1. The maximum absolute atomic E-state index is 12.1. The standard InChI is InChI=1S/C22H27N3O5/c1-27-18-8-4-5-9-19(18)30-15-22(26)24-23-14-16-12-21(29-3)17(13-20(16)28-2)25-10-6-7-11-25/h4-5,8-9,12-14H,6-7,10-11,15H2,1-3H3,(H,24,26)/b23-14+. The maximum Gasteiger partial charge on any atom is 0.277 e. The van der Waals surface area contributed by atoms with Crippen LogP contribution in [0.1, 0.15) is 18.4 Å². The molecule has 1 fully saturated rings. The van der Waals surface area contributed by atoms with Gasteiger partial charge in [0.15, 0.2) is 18.1 Å². The molecule has 1 aliphatic heterocycles. The van der Waals surface area contributed by atoms with Gasteiger partial charge in [0.05, 0.1) is 33.2 Å². The number of hydrazone groups is 1. The second kappa shape index (κ2) is 10.4. The molecule has 0 aromatic heterocycles. The first-order valence-electron chi connectivity index (χ1n) is 9.75. The van der Waals surface area contributed by atoms with Crippen LogP contribution in [0.5, 0.6) is 23.0 Å². The van der Waals surface area contributed by atoms with Crippen LogP contribution in [0.25, 0.3) is 0 Å². The molecule has 1 amide bonds. The van der Waals surface area contributed by atoms with Gasteiger partial charge in [-0.1, -0.05) is 12.1 Å². The van der Waals surface area contributed by atoms with Gasteiger partial charge < -0.3 is 23.8 Å². The van der Waals surface area contributed by atoms with Gasteiger partial charge in [-0.25, -0.2) is 5.43 Å². The van der Waals surface area contributed by atoms with Crippen LogP contribution in [-0.2, 0) is 4.79 Å². The molecule has 0 aliphatic carbocycles. The minimum absolute atomic E-state index is 0.188. The van der Waals surface area contributed by atoms with Gasteiger partial charge in [0.2, 0.25) is 0 Å². The molecule has 160 valence electrons. The first kappa shape index (κ1) is 21.3. The number of hydrogen-bond donors (Lipinski definition) is 1. The molecule has 2 aromatic carbocycles. The Morgan fingerprint density at radius 3 is 2.33 bits per heavy atom. The number of para-hydroxylation sites is 2. The number of ether oxygens (including phenoxy) is 4. The van der Waals surface area contributed by atoms with Gasteiger partial charge in [-0.2, -0.15) is 5.10 Å². The van der Waals surface area contributed by atoms with E-state index in [4.69, 9.17) is 18.9 Å². The van der Waals surface area contributed by atoms with E-state index in [0.29, 0.717) is 22.8 Å². The summed E-state index contributed by atoms with van der Waals surface area (Å²) in [6.45, 7) is 1.80. The minimum atomic E-state index is -0.392. The molecule has 0 saturated carbocycles. The predicted octanol–water partition coefficient (Wildman–Crippen LogP) is 2.84. The molecular formula is C22H27N3O5. The summed E-state index contributed by atoms with van der Waals surface area (Å²) < 4.78 is 21.7. The van der Waals surface area contributed by atoms with Gasteiger partial charge in [0, 0.05) is 24.7 Å². The van der Waals surface area contributed by atoms with Crippen molar-refractivity contribution in [2.75, 3.05) is 45.9 Å². The van der Waals surface area contributed by atoms with E-state index in [1.165, 1.54) is 6.21 Å². The van der Waals surface area contributed by atoms with E-state index in [1.807, 2.05) is 18.2 Å². The molecule has 30 heavy (non-hydrogen) atoms. The summed E-state index contributed by atoms with van der Waals surface area (Å²) in [5.41, 5.74) is 4.15. The fourth-order valence-electron chi connectivity index (χ4n) is 3.30. The first-order valence-corrected chi connectivity index (χ1v) is 9.75. The van der Waals surface area contributed by atoms with Crippen molar-refractivity contribution in [3.8, 4) is 23.0 Å². The molecule has 0 atom stereocenters. The zero-order valence-electron chi connectivity index (χ0n) is 17.5. The number of amides is 1. The molecule has 0 bridgehead atoms. The van der Waals surface area contributed by atoms with Crippen molar-refractivity contribution in [1.29, 1.82) is 0 Å². The zero-order valence-corrected chi connectivity index (χ0v) is 17.5. The molecule has 1 N–H and O–H groups in total. The highest BCUT2D eigenvalue weighted by Crippen LogP contribution is 2.36. The number of benzene rings is 2. The second-order valence-corrected chi connectivity index (χ2v) is 6.69. The Hall–Kier alpha value is -3.42. The SMILES string of the molecule is COc1cc(N2CCCC2)c(OC)cc1/C=N/NC(=O)COc1ccccc1OC. The number of carbonyl (C=O) groups is 1. The van der Waals surface area contributed by atoms with Crippen LogP contribution in [0.15, 0.2) is 41.5 Å². The highest BCUT2D eigenvalue weighted by atomic mass is 16.5. The smallest absolute Gasteiger partial charge is 0.277 e. The van der Waals surface area contributed by atoms with Crippen LogP contribution in [0.2, 0.25) is 0 Å². The van der Waals surface area contributed by atoms with E-state index in [1.54, 1.807) is 39.5 Å². The van der Waals surface area contributed by atoms with E-state index in [-0.39, 0.29) is 6.61 Å². The summed E-state index contributed by atoms with van der Waals surface area (Å²) in [6, 6.07) is 10.9. The topological polar surface area (TPSA) is 81.6 Å². The molecule has 3 rings (SSSR count). The summed E-state index contributed by atoms with van der Waals surface area (Å²) >= 11 is 0. The molecule has 1 heterocycles. The number of nitrogens with one attached hydrogen (secondary N) is 1. The van der Waals surface area contributed by atoms with Gasteiger partial charge in [-0.3, -0.25) is 4.79 Å². The van der Waals surface area contributed by atoms with Crippen LogP contribution >= 0.6 is 0 Å². The number of rotatable bonds is 9. The van der Waals surface area contributed by atoms with Crippen molar-refractivity contribution in [2.24, 2.45) is 5.10 Å². The Morgan fingerprint density at radius 1 is 1.00 bits per heavy atom. The van der Waals surface area contributed by atoms with Gasteiger partial charge in [-0.05, 0) is 31.0 Å². The monoisotopic (exact) mass is 413 g/mol. The molecule has 0 unspecified atom stereocenters. The fourth-order valence-corrected chi connectivity index (χ4v) is 3.30. The Balaban J connectivity index is 1.64. The van der Waals surface area contributed by atoms with Crippen molar-refractivity contribution in [2.45, 2.75) is 12.8 Å².